The third-order valence-electron chi connectivity index (χ3n) is 5.15. The van der Waals surface area contributed by atoms with Crippen molar-refractivity contribution in [3.63, 3.8) is 0 Å². The second-order valence-corrected chi connectivity index (χ2v) is 9.09. The highest BCUT2D eigenvalue weighted by molar-refractivity contribution is 7.86. The molecule has 3 N–H and O–H groups in total. The van der Waals surface area contributed by atoms with Gasteiger partial charge in [-0.25, -0.2) is 0 Å². The fourth-order valence-corrected chi connectivity index (χ4v) is 4.05. The third kappa shape index (κ3) is 10.1. The van der Waals surface area contributed by atoms with Gasteiger partial charge in [0, 0.05) is 12.5 Å². The Hall–Kier alpha value is -1.60. The average molecular weight is 428 g/mol. The highest BCUT2D eigenvalue weighted by Crippen LogP contribution is 2.28. The average Bonchev–Trinajstić information content (AvgIpc) is 2.66. The van der Waals surface area contributed by atoms with Gasteiger partial charge < -0.3 is 10.4 Å². The number of hydrogen-bond acceptors (Lipinski definition) is 4. The van der Waals surface area contributed by atoms with Crippen LogP contribution in [-0.4, -0.2) is 30.0 Å². The maximum absolute atomic E-state index is 12.3. The van der Waals surface area contributed by atoms with Crippen LogP contribution >= 0.6 is 0 Å². The molecule has 1 unspecified atom stereocenters. The van der Waals surface area contributed by atoms with E-state index in [-0.39, 0.29) is 11.9 Å². The van der Waals surface area contributed by atoms with Crippen LogP contribution in [-0.2, 0) is 21.3 Å². The van der Waals surface area contributed by atoms with E-state index in [1.165, 1.54) is 25.0 Å². The van der Waals surface area contributed by atoms with Crippen molar-refractivity contribution in [1.82, 2.24) is 5.32 Å². The molecular weight excluding hydrogens is 390 g/mol. The summed E-state index contributed by atoms with van der Waals surface area (Å²) >= 11 is 0. The van der Waals surface area contributed by atoms with Crippen LogP contribution in [0.1, 0.15) is 90.0 Å². The molecule has 0 aliphatic rings. The van der Waals surface area contributed by atoms with E-state index in [1.54, 1.807) is 6.07 Å². The summed E-state index contributed by atoms with van der Waals surface area (Å²) in [5, 5.41) is 13.3. The van der Waals surface area contributed by atoms with Gasteiger partial charge in [-0.15, -0.1) is 0 Å². The van der Waals surface area contributed by atoms with Crippen LogP contribution in [0.4, 0.5) is 0 Å². The maximum Gasteiger partial charge on any atom is 0.298 e. The fraction of sp³-hybridized carbons (Fsp3) is 0.682. The number of nitrogens with one attached hydrogen (secondary N) is 1. The van der Waals surface area contributed by atoms with Crippen molar-refractivity contribution in [3.8, 4) is 5.75 Å². The summed E-state index contributed by atoms with van der Waals surface area (Å²) in [5.74, 6) is -0.358. The van der Waals surface area contributed by atoms with Gasteiger partial charge in [0.2, 0.25) is 5.91 Å². The first kappa shape index (κ1) is 25.4. The van der Waals surface area contributed by atoms with Crippen molar-refractivity contribution in [3.05, 3.63) is 23.8 Å². The first-order valence-electron chi connectivity index (χ1n) is 10.9. The molecule has 0 saturated heterocycles. The number of aryl methyl sites for hydroxylation is 1. The van der Waals surface area contributed by atoms with Gasteiger partial charge in [0.05, 0.1) is 0 Å². The quantitative estimate of drug-likeness (QED) is 0.270. The molecule has 0 radical (unpaired) electrons. The Morgan fingerprint density at radius 1 is 1.00 bits per heavy atom. The lowest BCUT2D eigenvalue weighted by atomic mass is 9.99. The minimum Gasteiger partial charge on any atom is -0.506 e. The summed E-state index contributed by atoms with van der Waals surface area (Å²) in [5.41, 5.74) is 0.453. The minimum atomic E-state index is -4.47. The molecule has 0 aromatic heterocycles. The molecule has 0 fully saturated rings. The lowest BCUT2D eigenvalue weighted by Crippen LogP contribution is -2.35. The van der Waals surface area contributed by atoms with Gasteiger partial charge in [-0.05, 0) is 37.3 Å². The number of unbranched alkanes of at least 4 members (excludes halogenated alkanes) is 6. The molecule has 0 aliphatic heterocycles. The lowest BCUT2D eigenvalue weighted by molar-refractivity contribution is -0.122. The second kappa shape index (κ2) is 13.6. The Labute approximate surface area is 175 Å². The number of carbonyl (C=O) groups excluding carboxylic acids is 1. The van der Waals surface area contributed by atoms with Crippen LogP contribution < -0.4 is 5.32 Å². The van der Waals surface area contributed by atoms with E-state index in [1.807, 2.05) is 0 Å². The molecule has 29 heavy (non-hydrogen) atoms. The molecule has 0 heterocycles. The zero-order valence-corrected chi connectivity index (χ0v) is 18.6. The Bertz CT molecular complexity index is 718. The Kier molecular flexibility index (Phi) is 11.9. The first-order chi connectivity index (χ1) is 13.8. The van der Waals surface area contributed by atoms with Crippen LogP contribution in [0, 0.1) is 0 Å². The minimum absolute atomic E-state index is 0.0153. The molecule has 0 aliphatic carbocycles. The van der Waals surface area contributed by atoms with E-state index in [0.717, 1.165) is 44.9 Å². The summed E-state index contributed by atoms with van der Waals surface area (Å²) in [4.78, 5) is 11.8. The molecule has 0 spiro atoms. The van der Waals surface area contributed by atoms with Crippen LogP contribution in [0.3, 0.4) is 0 Å². The number of amides is 1. The van der Waals surface area contributed by atoms with Gasteiger partial charge in [-0.3, -0.25) is 9.35 Å². The van der Waals surface area contributed by atoms with Gasteiger partial charge >= 0.3 is 0 Å². The van der Waals surface area contributed by atoms with Crippen molar-refractivity contribution in [1.29, 1.82) is 0 Å². The SMILES string of the molecule is CCCCCCCC(=O)NC(CCCCC)CCc1cccc(S(=O)(=O)O)c1O. The predicted octanol–water partition coefficient (Wildman–Crippen LogP) is 5.00. The molecule has 1 aromatic carbocycles. The van der Waals surface area contributed by atoms with Gasteiger partial charge in [-0.1, -0.05) is 70.9 Å². The number of phenolic OH excluding ortho intramolecular Hbond substituents is 1. The topological polar surface area (TPSA) is 104 Å². The number of hydrogen-bond donors (Lipinski definition) is 3. The molecule has 1 amide bonds. The molecule has 0 bridgehead atoms. The molecule has 1 aromatic rings. The van der Waals surface area contributed by atoms with Crippen LogP contribution in [0.25, 0.3) is 0 Å². The van der Waals surface area contributed by atoms with E-state index in [2.05, 4.69) is 19.2 Å². The van der Waals surface area contributed by atoms with Gasteiger partial charge in [-0.2, -0.15) is 8.42 Å². The summed E-state index contributed by atoms with van der Waals surface area (Å²) in [6.07, 6.45) is 11.1. The van der Waals surface area contributed by atoms with Crippen molar-refractivity contribution in [2.24, 2.45) is 0 Å². The number of phenols is 1. The van der Waals surface area contributed by atoms with Crippen LogP contribution in [0.5, 0.6) is 5.75 Å². The molecular formula is C22H37NO5S. The molecule has 1 rings (SSSR count). The number of carbonyl (C=O) groups is 1. The van der Waals surface area contributed by atoms with Crippen LogP contribution in [0.15, 0.2) is 23.1 Å². The van der Waals surface area contributed by atoms with E-state index >= 15 is 0 Å². The standard InChI is InChI=1S/C22H37NO5S/c1-3-5-7-8-10-15-21(24)23-19(13-9-6-4-2)17-16-18-12-11-14-20(22(18)25)29(26,27)28/h11-12,14,19,25H,3-10,13,15-17H2,1-2H3,(H,23,24)(H,26,27,28). The molecule has 1 atom stereocenters. The molecule has 7 heteroatoms. The predicted molar refractivity (Wildman–Crippen MR) is 116 cm³/mol. The normalized spacial score (nSPS) is 12.7. The summed E-state index contributed by atoms with van der Waals surface area (Å²) in [6.45, 7) is 4.29. The highest BCUT2D eigenvalue weighted by Gasteiger charge is 2.19. The smallest absolute Gasteiger partial charge is 0.298 e. The summed E-state index contributed by atoms with van der Waals surface area (Å²) < 4.78 is 32.0. The number of para-hydroxylation sites is 1. The van der Waals surface area contributed by atoms with E-state index in [0.29, 0.717) is 24.8 Å². The van der Waals surface area contributed by atoms with E-state index < -0.39 is 20.8 Å². The molecule has 166 valence electrons. The zero-order valence-electron chi connectivity index (χ0n) is 17.8. The summed E-state index contributed by atoms with van der Waals surface area (Å²) in [7, 11) is -4.47. The lowest BCUT2D eigenvalue weighted by Gasteiger charge is -2.19. The fourth-order valence-electron chi connectivity index (χ4n) is 3.43. The zero-order chi connectivity index (χ0) is 21.7. The Morgan fingerprint density at radius 2 is 1.66 bits per heavy atom. The highest BCUT2D eigenvalue weighted by atomic mass is 32.2. The van der Waals surface area contributed by atoms with Gasteiger partial charge in [0.25, 0.3) is 10.1 Å². The number of benzene rings is 1. The molecule has 0 saturated carbocycles. The third-order valence-corrected chi connectivity index (χ3v) is 6.04. The second-order valence-electron chi connectivity index (χ2n) is 7.70. The van der Waals surface area contributed by atoms with Gasteiger partial charge in [0.15, 0.2) is 0 Å². The number of aromatic hydroxyl groups is 1. The first-order valence-corrected chi connectivity index (χ1v) is 12.3. The van der Waals surface area contributed by atoms with Crippen molar-refractivity contribution in [2.75, 3.05) is 0 Å². The summed E-state index contributed by atoms with van der Waals surface area (Å²) in [6, 6.07) is 4.30. The van der Waals surface area contributed by atoms with Crippen LogP contribution in [0.2, 0.25) is 0 Å². The van der Waals surface area contributed by atoms with E-state index in [9.17, 15) is 22.9 Å². The van der Waals surface area contributed by atoms with Gasteiger partial charge in [0.1, 0.15) is 10.6 Å². The molecule has 6 nitrogen and oxygen atoms in total. The Balaban J connectivity index is 2.65. The monoisotopic (exact) mass is 427 g/mol. The van der Waals surface area contributed by atoms with Crippen molar-refractivity contribution in [2.45, 2.75) is 102 Å². The largest absolute Gasteiger partial charge is 0.506 e. The Morgan fingerprint density at radius 3 is 2.31 bits per heavy atom. The maximum atomic E-state index is 12.3. The van der Waals surface area contributed by atoms with E-state index in [4.69, 9.17) is 0 Å². The van der Waals surface area contributed by atoms with Crippen molar-refractivity contribution >= 4 is 16.0 Å². The number of rotatable bonds is 15. The van der Waals surface area contributed by atoms with Crippen molar-refractivity contribution < 1.29 is 22.9 Å².